The predicted octanol–water partition coefficient (Wildman–Crippen LogP) is 6.02. The molecule has 1 fully saturated rings. The number of aromatic nitrogens is 2. The number of hydrogen-bond donors (Lipinski definition) is 3. The lowest BCUT2D eigenvalue weighted by Gasteiger charge is -2.29. The summed E-state index contributed by atoms with van der Waals surface area (Å²) in [6.45, 7) is 2.74. The van der Waals surface area contributed by atoms with Gasteiger partial charge in [0, 0.05) is 58.9 Å². The summed E-state index contributed by atoms with van der Waals surface area (Å²) in [5.41, 5.74) is 5.74. The van der Waals surface area contributed by atoms with Crippen LogP contribution in [0.15, 0.2) is 67.0 Å². The van der Waals surface area contributed by atoms with Crippen LogP contribution in [0.2, 0.25) is 0 Å². The highest BCUT2D eigenvalue weighted by atomic mass is 32.1. The van der Waals surface area contributed by atoms with Gasteiger partial charge in [0.1, 0.15) is 10.9 Å². The van der Waals surface area contributed by atoms with Gasteiger partial charge in [-0.15, -0.1) is 11.3 Å². The number of hydrogen-bond acceptors (Lipinski definition) is 6. The molecule has 0 amide bonds. The number of piperidine rings is 1. The van der Waals surface area contributed by atoms with Crippen molar-refractivity contribution in [2.45, 2.75) is 25.5 Å². The number of likely N-dealkylation sites (tertiary alicyclic amines) is 1. The van der Waals surface area contributed by atoms with E-state index in [0.717, 1.165) is 75.4 Å². The molecule has 7 heteroatoms. The van der Waals surface area contributed by atoms with Crippen molar-refractivity contribution in [3.8, 4) is 16.5 Å². The molecule has 0 saturated carbocycles. The topological polar surface area (TPSA) is 88.0 Å². The first-order valence-electron chi connectivity index (χ1n) is 11.8. The molecule has 6 nitrogen and oxygen atoms in total. The van der Waals surface area contributed by atoms with Gasteiger partial charge in [0.05, 0.1) is 17.4 Å². The van der Waals surface area contributed by atoms with Crippen LogP contribution in [0.1, 0.15) is 24.0 Å². The summed E-state index contributed by atoms with van der Waals surface area (Å²) in [7, 11) is 0. The Hall–Kier alpha value is -3.70. The van der Waals surface area contributed by atoms with Gasteiger partial charge in [-0.2, -0.15) is 5.26 Å². The summed E-state index contributed by atoms with van der Waals surface area (Å²) in [4.78, 5) is 12.2. The molecule has 2 aromatic carbocycles. The normalized spacial score (nSPS) is 15.0. The van der Waals surface area contributed by atoms with Crippen molar-refractivity contribution >= 4 is 43.8 Å². The number of aromatic amines is 1. The first kappa shape index (κ1) is 21.8. The van der Waals surface area contributed by atoms with Crippen molar-refractivity contribution in [2.24, 2.45) is 0 Å². The second-order valence-corrected chi connectivity index (χ2v) is 10.1. The molecule has 0 radical (unpaired) electrons. The Morgan fingerprint density at radius 3 is 2.89 bits per heavy atom. The van der Waals surface area contributed by atoms with E-state index in [2.05, 4.69) is 62.7 Å². The van der Waals surface area contributed by atoms with Crippen molar-refractivity contribution < 1.29 is 5.11 Å². The van der Waals surface area contributed by atoms with Crippen molar-refractivity contribution in [1.82, 2.24) is 14.9 Å². The number of nitrogens with one attached hydrogen (secondary N) is 2. The summed E-state index contributed by atoms with van der Waals surface area (Å²) in [5.74, 6) is 0. The lowest BCUT2D eigenvalue weighted by atomic mass is 10.1. The van der Waals surface area contributed by atoms with Crippen molar-refractivity contribution in [3.05, 3.63) is 78.1 Å². The number of aliphatic hydroxyl groups excluding tert-OH is 1. The molecule has 0 unspecified atom stereocenters. The van der Waals surface area contributed by atoms with Crippen LogP contribution in [0, 0.1) is 11.3 Å². The maximum Gasteiger partial charge on any atom is 0.126 e. The zero-order valence-electron chi connectivity index (χ0n) is 19.2. The average molecular weight is 480 g/mol. The van der Waals surface area contributed by atoms with E-state index in [0.29, 0.717) is 5.56 Å². The van der Waals surface area contributed by atoms with E-state index in [1.165, 1.54) is 5.56 Å². The van der Waals surface area contributed by atoms with E-state index >= 15 is 0 Å². The predicted molar refractivity (Wildman–Crippen MR) is 142 cm³/mol. The highest BCUT2D eigenvalue weighted by molar-refractivity contribution is 7.22. The third-order valence-corrected chi connectivity index (χ3v) is 7.77. The lowest BCUT2D eigenvalue weighted by Crippen LogP contribution is -2.35. The number of pyridine rings is 1. The molecule has 0 bridgehead atoms. The molecule has 0 spiro atoms. The van der Waals surface area contributed by atoms with Crippen molar-refractivity contribution in [1.29, 1.82) is 5.26 Å². The molecular weight excluding hydrogens is 454 g/mol. The zero-order chi connectivity index (χ0) is 23.8. The van der Waals surface area contributed by atoms with Crippen molar-refractivity contribution in [2.75, 3.05) is 18.4 Å². The summed E-state index contributed by atoms with van der Waals surface area (Å²) in [5, 5.41) is 25.1. The van der Waals surface area contributed by atoms with Gasteiger partial charge in [0.2, 0.25) is 0 Å². The van der Waals surface area contributed by atoms with Crippen LogP contribution in [0.4, 0.5) is 11.4 Å². The highest BCUT2D eigenvalue weighted by Crippen LogP contribution is 2.39. The minimum atomic E-state index is -0.158. The molecule has 1 saturated heterocycles. The number of nitriles is 1. The summed E-state index contributed by atoms with van der Waals surface area (Å²) < 4.78 is 0. The lowest BCUT2D eigenvalue weighted by molar-refractivity contribution is 0.0792. The average Bonchev–Trinajstić information content (AvgIpc) is 3.53. The quantitative estimate of drug-likeness (QED) is 0.287. The number of anilines is 2. The molecule has 0 aliphatic carbocycles. The molecule has 3 N–H and O–H groups in total. The Kier molecular flexibility index (Phi) is 5.71. The number of thiophene rings is 1. The van der Waals surface area contributed by atoms with Crippen LogP contribution in [0.3, 0.4) is 0 Å². The van der Waals surface area contributed by atoms with Crippen LogP contribution in [0.25, 0.3) is 31.6 Å². The number of benzene rings is 2. The molecule has 35 heavy (non-hydrogen) atoms. The Labute approximate surface area is 207 Å². The van der Waals surface area contributed by atoms with Crippen LogP contribution < -0.4 is 5.32 Å². The fraction of sp³-hybridized carbons (Fsp3) is 0.214. The Morgan fingerprint density at radius 2 is 2.03 bits per heavy atom. The molecule has 1 aliphatic heterocycles. The number of fused-ring (bicyclic) bond motifs is 2. The van der Waals surface area contributed by atoms with Crippen LogP contribution in [-0.4, -0.2) is 39.2 Å². The van der Waals surface area contributed by atoms with Gasteiger partial charge in [-0.3, -0.25) is 4.90 Å². The van der Waals surface area contributed by atoms with Gasteiger partial charge in [-0.25, -0.2) is 4.98 Å². The molecule has 3 aromatic heterocycles. The summed E-state index contributed by atoms with van der Waals surface area (Å²) in [6.07, 6.45) is 5.11. The van der Waals surface area contributed by atoms with Gasteiger partial charge < -0.3 is 15.4 Å². The van der Waals surface area contributed by atoms with Gasteiger partial charge in [-0.05, 0) is 60.4 Å². The third-order valence-electron chi connectivity index (χ3n) is 6.68. The smallest absolute Gasteiger partial charge is 0.126 e. The second kappa shape index (κ2) is 9.16. The first-order valence-corrected chi connectivity index (χ1v) is 12.6. The van der Waals surface area contributed by atoms with Gasteiger partial charge in [0.25, 0.3) is 0 Å². The second-order valence-electron chi connectivity index (χ2n) is 9.10. The fourth-order valence-electron chi connectivity index (χ4n) is 4.78. The van der Waals surface area contributed by atoms with Crippen LogP contribution in [-0.2, 0) is 6.54 Å². The molecule has 5 aromatic rings. The maximum atomic E-state index is 9.79. The Balaban J connectivity index is 1.33. The number of rotatable bonds is 5. The zero-order valence-corrected chi connectivity index (χ0v) is 20.0. The van der Waals surface area contributed by atoms with Gasteiger partial charge in [0.15, 0.2) is 0 Å². The minimum absolute atomic E-state index is 0.158. The summed E-state index contributed by atoms with van der Waals surface area (Å²) in [6, 6.07) is 21.3. The van der Waals surface area contributed by atoms with E-state index in [1.54, 1.807) is 17.5 Å². The molecule has 4 heterocycles. The highest BCUT2D eigenvalue weighted by Gasteiger charge is 2.18. The monoisotopic (exact) mass is 479 g/mol. The maximum absolute atomic E-state index is 9.79. The van der Waals surface area contributed by atoms with E-state index in [1.807, 2.05) is 24.4 Å². The first-order chi connectivity index (χ1) is 17.2. The third kappa shape index (κ3) is 4.40. The van der Waals surface area contributed by atoms with Crippen molar-refractivity contribution in [3.63, 3.8) is 0 Å². The number of aliphatic hydroxyl groups is 1. The SMILES string of the molecule is N#Cc1cnc2sc(-c3cccc(CN4CCC(O)CC4)c3)cc2c1Nc1ccc2[nH]ccc2c1. The van der Waals surface area contributed by atoms with E-state index < -0.39 is 0 Å². The van der Waals surface area contributed by atoms with Crippen LogP contribution in [0.5, 0.6) is 0 Å². The Bertz CT molecular complexity index is 1550. The van der Waals surface area contributed by atoms with E-state index in [9.17, 15) is 10.4 Å². The minimum Gasteiger partial charge on any atom is -0.393 e. The van der Waals surface area contributed by atoms with Gasteiger partial charge >= 0.3 is 0 Å². The summed E-state index contributed by atoms with van der Waals surface area (Å²) >= 11 is 1.64. The van der Waals surface area contributed by atoms with Gasteiger partial charge in [-0.1, -0.05) is 18.2 Å². The largest absolute Gasteiger partial charge is 0.393 e. The van der Waals surface area contributed by atoms with Crippen LogP contribution >= 0.6 is 11.3 Å². The number of H-pyrrole nitrogens is 1. The molecule has 6 rings (SSSR count). The number of nitrogens with zero attached hydrogens (tertiary/aromatic N) is 3. The molecular formula is C28H25N5OS. The standard InChI is InChI=1S/C28H25N5OS/c29-15-21-16-31-28-24(27(21)32-22-4-5-25-19(13-22)6-9-30-25)14-26(35-28)20-3-1-2-18(12-20)17-33-10-7-23(34)8-11-33/h1-6,9,12-14,16,23,30,34H,7-8,10-11,17H2,(H,31,32). The Morgan fingerprint density at radius 1 is 1.14 bits per heavy atom. The van der Waals surface area contributed by atoms with E-state index in [4.69, 9.17) is 0 Å². The molecule has 0 atom stereocenters. The van der Waals surface area contributed by atoms with E-state index in [-0.39, 0.29) is 6.10 Å². The molecule has 1 aliphatic rings. The fourth-order valence-corrected chi connectivity index (χ4v) is 5.79. The molecule has 174 valence electrons.